The highest BCUT2D eigenvalue weighted by atomic mass is 16.2. The molecule has 0 radical (unpaired) electrons. The lowest BCUT2D eigenvalue weighted by molar-refractivity contribution is -0.126. The normalized spacial score (nSPS) is 10.4. The van der Waals surface area contributed by atoms with Gasteiger partial charge in [0.15, 0.2) is 0 Å². The summed E-state index contributed by atoms with van der Waals surface area (Å²) in [6.45, 7) is -0.0992. The van der Waals surface area contributed by atoms with Crippen LogP contribution < -0.4 is 10.7 Å². The van der Waals surface area contributed by atoms with E-state index < -0.39 is 0 Å². The third-order valence-corrected chi connectivity index (χ3v) is 3.02. The van der Waals surface area contributed by atoms with Crippen molar-refractivity contribution in [2.24, 2.45) is 5.10 Å². The predicted octanol–water partition coefficient (Wildman–Crippen LogP) is 1.28. The minimum Gasteiger partial charge on any atom is -0.347 e. The van der Waals surface area contributed by atoms with Gasteiger partial charge in [0.25, 0.3) is 5.91 Å². The Bertz CT molecular complexity index is 657. The van der Waals surface area contributed by atoms with Gasteiger partial charge in [-0.05, 0) is 18.1 Å². The second-order valence-electron chi connectivity index (χ2n) is 4.84. The molecule has 2 aromatic rings. The summed E-state index contributed by atoms with van der Waals surface area (Å²) in [5.74, 6) is -0.543. The molecule has 0 bridgehead atoms. The molecule has 0 unspecified atom stereocenters. The first kappa shape index (κ1) is 16.4. The van der Waals surface area contributed by atoms with Crippen LogP contribution in [0.2, 0.25) is 0 Å². The molecule has 6 nitrogen and oxygen atoms in total. The van der Waals surface area contributed by atoms with Crippen molar-refractivity contribution in [1.82, 2.24) is 15.7 Å². The number of pyridine rings is 1. The number of amides is 2. The second-order valence-corrected chi connectivity index (χ2v) is 4.84. The number of benzene rings is 1. The van der Waals surface area contributed by atoms with Gasteiger partial charge < -0.3 is 5.32 Å². The molecule has 0 fully saturated rings. The first-order valence-corrected chi connectivity index (χ1v) is 7.26. The summed E-state index contributed by atoms with van der Waals surface area (Å²) < 4.78 is 0. The fourth-order valence-electron chi connectivity index (χ4n) is 1.84. The van der Waals surface area contributed by atoms with Crippen LogP contribution in [0, 0.1) is 0 Å². The van der Waals surface area contributed by atoms with E-state index >= 15 is 0 Å². The average molecular weight is 310 g/mol. The smallest absolute Gasteiger partial charge is 0.259 e. The third-order valence-electron chi connectivity index (χ3n) is 3.02. The van der Waals surface area contributed by atoms with Crippen molar-refractivity contribution in [2.75, 3.05) is 6.54 Å². The number of aromatic nitrogens is 1. The van der Waals surface area contributed by atoms with Crippen LogP contribution in [-0.2, 0) is 16.0 Å². The molecule has 0 atom stereocenters. The topological polar surface area (TPSA) is 83.5 Å². The Morgan fingerprint density at radius 2 is 1.91 bits per heavy atom. The quantitative estimate of drug-likeness (QED) is 0.597. The van der Waals surface area contributed by atoms with Crippen molar-refractivity contribution in [3.63, 3.8) is 0 Å². The summed E-state index contributed by atoms with van der Waals surface area (Å²) in [5.41, 5.74) is 4.22. The van der Waals surface area contributed by atoms with Crippen molar-refractivity contribution in [3.05, 3.63) is 66.0 Å². The summed E-state index contributed by atoms with van der Waals surface area (Å²) in [5, 5.41) is 6.36. The zero-order chi connectivity index (χ0) is 16.3. The summed E-state index contributed by atoms with van der Waals surface area (Å²) in [7, 11) is 0. The van der Waals surface area contributed by atoms with E-state index in [0.29, 0.717) is 12.8 Å². The molecule has 23 heavy (non-hydrogen) atoms. The van der Waals surface area contributed by atoms with E-state index in [2.05, 4.69) is 20.8 Å². The maximum absolute atomic E-state index is 11.7. The molecule has 2 amide bonds. The lowest BCUT2D eigenvalue weighted by Gasteiger charge is -2.04. The zero-order valence-corrected chi connectivity index (χ0v) is 12.6. The number of hydrazone groups is 1. The average Bonchev–Trinajstić information content (AvgIpc) is 2.60. The molecule has 1 aromatic heterocycles. The maximum Gasteiger partial charge on any atom is 0.259 e. The number of hydrogen-bond donors (Lipinski definition) is 2. The zero-order valence-electron chi connectivity index (χ0n) is 12.6. The Labute approximate surface area is 134 Å². The Morgan fingerprint density at radius 3 is 2.65 bits per heavy atom. The third kappa shape index (κ3) is 6.52. The Morgan fingerprint density at radius 1 is 1.09 bits per heavy atom. The van der Waals surface area contributed by atoms with E-state index in [1.54, 1.807) is 18.5 Å². The van der Waals surface area contributed by atoms with Crippen molar-refractivity contribution in [2.45, 2.75) is 12.8 Å². The molecule has 6 heteroatoms. The van der Waals surface area contributed by atoms with Crippen LogP contribution in [0.1, 0.15) is 17.5 Å². The number of rotatable bonds is 7. The number of aryl methyl sites for hydroxylation is 1. The Balaban J connectivity index is 1.64. The molecule has 0 aliphatic rings. The van der Waals surface area contributed by atoms with Gasteiger partial charge in [-0.25, -0.2) is 5.43 Å². The highest BCUT2D eigenvalue weighted by Gasteiger charge is 2.05. The van der Waals surface area contributed by atoms with E-state index in [0.717, 1.165) is 11.1 Å². The molecule has 2 rings (SSSR count). The Kier molecular flexibility index (Phi) is 6.46. The molecular formula is C17H18N4O2. The van der Waals surface area contributed by atoms with Gasteiger partial charge >= 0.3 is 0 Å². The summed E-state index contributed by atoms with van der Waals surface area (Å²) >= 11 is 0. The molecule has 1 heterocycles. The van der Waals surface area contributed by atoms with Crippen molar-refractivity contribution >= 4 is 18.0 Å². The molecule has 0 spiro atoms. The first-order chi connectivity index (χ1) is 11.2. The van der Waals surface area contributed by atoms with Crippen LogP contribution in [0.25, 0.3) is 0 Å². The number of carbonyl (C=O) groups is 2. The van der Waals surface area contributed by atoms with E-state index in [-0.39, 0.29) is 18.4 Å². The lowest BCUT2D eigenvalue weighted by atomic mass is 10.1. The number of carbonyl (C=O) groups excluding carboxylic acids is 2. The molecule has 2 N–H and O–H groups in total. The maximum atomic E-state index is 11.7. The molecule has 0 saturated heterocycles. The molecule has 0 aliphatic carbocycles. The monoisotopic (exact) mass is 310 g/mol. The van der Waals surface area contributed by atoms with Gasteiger partial charge in [0.05, 0.1) is 12.8 Å². The van der Waals surface area contributed by atoms with Crippen LogP contribution in [0.5, 0.6) is 0 Å². The Hall–Kier alpha value is -3.02. The van der Waals surface area contributed by atoms with Crippen LogP contribution in [0.15, 0.2) is 60.0 Å². The summed E-state index contributed by atoms with van der Waals surface area (Å²) in [4.78, 5) is 27.2. The van der Waals surface area contributed by atoms with Gasteiger partial charge in [-0.3, -0.25) is 14.6 Å². The van der Waals surface area contributed by atoms with E-state index in [4.69, 9.17) is 0 Å². The molecular weight excluding hydrogens is 292 g/mol. The molecule has 118 valence electrons. The van der Waals surface area contributed by atoms with Crippen LogP contribution in [0.3, 0.4) is 0 Å². The number of hydrogen-bond acceptors (Lipinski definition) is 4. The van der Waals surface area contributed by atoms with E-state index in [1.165, 1.54) is 6.21 Å². The summed E-state index contributed by atoms with van der Waals surface area (Å²) in [6.07, 6.45) is 5.76. The SMILES string of the molecule is O=C(CCc1ccccc1)NCC(=O)N/N=C\c1cccnc1. The fourth-order valence-corrected chi connectivity index (χ4v) is 1.84. The van der Waals surface area contributed by atoms with Crippen molar-refractivity contribution < 1.29 is 9.59 Å². The lowest BCUT2D eigenvalue weighted by Crippen LogP contribution is -2.35. The van der Waals surface area contributed by atoms with Gasteiger partial charge in [-0.2, -0.15) is 5.10 Å². The van der Waals surface area contributed by atoms with E-state index in [9.17, 15) is 9.59 Å². The fraction of sp³-hybridized carbons (Fsp3) is 0.176. The molecule has 1 aromatic carbocycles. The molecule has 0 saturated carbocycles. The minimum absolute atomic E-state index is 0.0992. The summed E-state index contributed by atoms with van der Waals surface area (Å²) in [6, 6.07) is 13.3. The largest absolute Gasteiger partial charge is 0.347 e. The van der Waals surface area contributed by atoms with Gasteiger partial charge in [0.2, 0.25) is 5.91 Å². The van der Waals surface area contributed by atoms with E-state index in [1.807, 2.05) is 36.4 Å². The van der Waals surface area contributed by atoms with Gasteiger partial charge in [0.1, 0.15) is 0 Å². The van der Waals surface area contributed by atoms with Crippen molar-refractivity contribution in [3.8, 4) is 0 Å². The first-order valence-electron chi connectivity index (χ1n) is 7.26. The van der Waals surface area contributed by atoms with Crippen LogP contribution in [0.4, 0.5) is 0 Å². The molecule has 0 aliphatic heterocycles. The van der Waals surface area contributed by atoms with Gasteiger partial charge in [-0.1, -0.05) is 36.4 Å². The number of nitrogens with one attached hydrogen (secondary N) is 2. The van der Waals surface area contributed by atoms with Crippen LogP contribution in [-0.4, -0.2) is 29.6 Å². The van der Waals surface area contributed by atoms with Crippen molar-refractivity contribution in [1.29, 1.82) is 0 Å². The minimum atomic E-state index is -0.377. The highest BCUT2D eigenvalue weighted by molar-refractivity contribution is 5.86. The predicted molar refractivity (Wildman–Crippen MR) is 87.7 cm³/mol. The van der Waals surface area contributed by atoms with Crippen LogP contribution >= 0.6 is 0 Å². The second kappa shape index (κ2) is 9.09. The number of nitrogens with zero attached hydrogens (tertiary/aromatic N) is 2. The van der Waals surface area contributed by atoms with Gasteiger partial charge in [-0.15, -0.1) is 0 Å². The highest BCUT2D eigenvalue weighted by Crippen LogP contribution is 2.01. The van der Waals surface area contributed by atoms with Gasteiger partial charge in [0, 0.05) is 24.4 Å². The standard InChI is InChI=1S/C17H18N4O2/c22-16(9-8-14-5-2-1-3-6-14)19-13-17(23)21-20-12-15-7-4-10-18-11-15/h1-7,10-12H,8-9,13H2,(H,19,22)(H,21,23)/b20-12-.